The van der Waals surface area contributed by atoms with Gasteiger partial charge in [0.05, 0.1) is 0 Å². The van der Waals surface area contributed by atoms with E-state index in [1.165, 1.54) is 257 Å². The molecule has 0 aromatic heterocycles. The third-order valence-electron chi connectivity index (χ3n) is 11.3. The van der Waals surface area contributed by atoms with Gasteiger partial charge < -0.3 is 9.80 Å². The first-order chi connectivity index (χ1) is 23.8. The minimum atomic E-state index is 0.637. The van der Waals surface area contributed by atoms with E-state index in [1.807, 2.05) is 0 Å². The molecule has 0 bridgehead atoms. The molecule has 0 aliphatic carbocycles. The molecule has 0 saturated carbocycles. The summed E-state index contributed by atoms with van der Waals surface area (Å²) < 4.78 is 0. The summed E-state index contributed by atoms with van der Waals surface area (Å²) in [7, 11) is 0. The van der Waals surface area contributed by atoms with Crippen LogP contribution in [0.15, 0.2) is 12.4 Å². The molecule has 48 heavy (non-hydrogen) atoms. The van der Waals surface area contributed by atoms with E-state index in [4.69, 9.17) is 0 Å². The molecule has 1 heterocycles. The zero-order chi connectivity index (χ0) is 34.4. The van der Waals surface area contributed by atoms with Gasteiger partial charge in [0, 0.05) is 25.5 Å². The second-order valence-electron chi connectivity index (χ2n) is 16.1. The summed E-state index contributed by atoms with van der Waals surface area (Å²) in [5, 5.41) is 0. The third-order valence-corrected chi connectivity index (χ3v) is 11.3. The zero-order valence-corrected chi connectivity index (χ0v) is 33.9. The average molecular weight is 673 g/mol. The molecule has 0 N–H and O–H groups in total. The molecule has 0 fully saturated rings. The molecule has 0 amide bonds. The standard InChI is InChI=1S/C46H92N2/c1-4-7-10-13-16-19-22-24-25-26-28-31-34-37-40-43-48-45-44-47(42-39-36-33-30-27-23-20-17-14-11-8-5-2)46(48)41-38-35-32-29-21-18-15-12-9-6-3/h44-46H,4-43H2,1-3H3. The Labute approximate surface area is 305 Å². The van der Waals surface area contributed by atoms with E-state index in [9.17, 15) is 0 Å². The molecule has 2 heteroatoms. The highest BCUT2D eigenvalue weighted by Gasteiger charge is 2.24. The summed E-state index contributed by atoms with van der Waals surface area (Å²) in [5.74, 6) is 0. The Morgan fingerprint density at radius 3 is 0.729 bits per heavy atom. The fourth-order valence-corrected chi connectivity index (χ4v) is 7.95. The molecule has 1 unspecified atom stereocenters. The van der Waals surface area contributed by atoms with E-state index in [0.29, 0.717) is 6.17 Å². The van der Waals surface area contributed by atoms with Gasteiger partial charge in [0.25, 0.3) is 0 Å². The van der Waals surface area contributed by atoms with Gasteiger partial charge in [-0.2, -0.15) is 0 Å². The van der Waals surface area contributed by atoms with E-state index in [-0.39, 0.29) is 0 Å². The highest BCUT2D eigenvalue weighted by atomic mass is 15.4. The maximum absolute atomic E-state index is 2.73. The fourth-order valence-electron chi connectivity index (χ4n) is 7.95. The van der Waals surface area contributed by atoms with Crippen molar-refractivity contribution in [2.75, 3.05) is 13.1 Å². The van der Waals surface area contributed by atoms with E-state index in [0.717, 1.165) is 0 Å². The van der Waals surface area contributed by atoms with Crippen LogP contribution < -0.4 is 0 Å². The van der Waals surface area contributed by atoms with Crippen molar-refractivity contribution in [3.8, 4) is 0 Å². The monoisotopic (exact) mass is 673 g/mol. The topological polar surface area (TPSA) is 6.48 Å². The Balaban J connectivity index is 2.19. The van der Waals surface area contributed by atoms with Gasteiger partial charge in [-0.15, -0.1) is 0 Å². The van der Waals surface area contributed by atoms with Crippen LogP contribution in [0.2, 0.25) is 0 Å². The lowest BCUT2D eigenvalue weighted by Crippen LogP contribution is -2.39. The summed E-state index contributed by atoms with van der Waals surface area (Å²) in [6.45, 7) is 9.49. The van der Waals surface area contributed by atoms with E-state index >= 15 is 0 Å². The zero-order valence-electron chi connectivity index (χ0n) is 33.9. The van der Waals surface area contributed by atoms with Gasteiger partial charge in [-0.1, -0.05) is 239 Å². The first kappa shape index (κ1) is 45.4. The number of hydrogen-bond acceptors (Lipinski definition) is 2. The lowest BCUT2D eigenvalue weighted by Gasteiger charge is -2.33. The predicted molar refractivity (Wildman–Crippen MR) is 219 cm³/mol. The van der Waals surface area contributed by atoms with Crippen LogP contribution in [-0.4, -0.2) is 29.1 Å². The Morgan fingerprint density at radius 1 is 0.271 bits per heavy atom. The van der Waals surface area contributed by atoms with Gasteiger partial charge >= 0.3 is 0 Å². The molecule has 286 valence electrons. The summed E-state index contributed by atoms with van der Waals surface area (Å²) in [6, 6.07) is 0. The summed E-state index contributed by atoms with van der Waals surface area (Å²) in [6.07, 6.45) is 60.4. The molecule has 0 radical (unpaired) electrons. The number of nitrogens with zero attached hydrogens (tertiary/aromatic N) is 2. The summed E-state index contributed by atoms with van der Waals surface area (Å²) in [4.78, 5) is 5.46. The second-order valence-corrected chi connectivity index (χ2v) is 16.1. The van der Waals surface area contributed by atoms with Crippen LogP contribution in [-0.2, 0) is 0 Å². The summed E-state index contributed by atoms with van der Waals surface area (Å²) >= 11 is 0. The van der Waals surface area contributed by atoms with Gasteiger partial charge in [-0.3, -0.25) is 0 Å². The van der Waals surface area contributed by atoms with Gasteiger partial charge in [0.15, 0.2) is 0 Å². The van der Waals surface area contributed by atoms with E-state index in [2.05, 4.69) is 43.0 Å². The quantitative estimate of drug-likeness (QED) is 0.0598. The van der Waals surface area contributed by atoms with Crippen molar-refractivity contribution in [3.63, 3.8) is 0 Å². The fraction of sp³-hybridized carbons (Fsp3) is 0.957. The van der Waals surface area contributed by atoms with Crippen molar-refractivity contribution < 1.29 is 0 Å². The maximum Gasteiger partial charge on any atom is 0.101 e. The SMILES string of the molecule is CCCCCCCCCCCCCCCCCN1C=CN(CCCCCCCCCCCCCC)C1CCCCCCCCCCCC. The molecule has 0 aromatic carbocycles. The lowest BCUT2D eigenvalue weighted by atomic mass is 10.0. The van der Waals surface area contributed by atoms with Crippen LogP contribution in [0.25, 0.3) is 0 Å². The lowest BCUT2D eigenvalue weighted by molar-refractivity contribution is 0.135. The molecular formula is C46H92N2. The van der Waals surface area contributed by atoms with Gasteiger partial charge in [0.1, 0.15) is 6.17 Å². The second kappa shape index (κ2) is 37.6. The molecule has 1 rings (SSSR count). The highest BCUT2D eigenvalue weighted by molar-refractivity contribution is 4.97. The van der Waals surface area contributed by atoms with Crippen molar-refractivity contribution in [1.82, 2.24) is 9.80 Å². The average Bonchev–Trinajstić information content (AvgIpc) is 3.48. The number of hydrogen-bond donors (Lipinski definition) is 0. The molecular weight excluding hydrogens is 581 g/mol. The minimum absolute atomic E-state index is 0.637. The molecule has 0 spiro atoms. The first-order valence-electron chi connectivity index (χ1n) is 23.0. The van der Waals surface area contributed by atoms with Crippen LogP contribution >= 0.6 is 0 Å². The Kier molecular flexibility index (Phi) is 35.5. The van der Waals surface area contributed by atoms with Crippen molar-refractivity contribution in [1.29, 1.82) is 0 Å². The van der Waals surface area contributed by atoms with Crippen molar-refractivity contribution >= 4 is 0 Å². The van der Waals surface area contributed by atoms with Crippen LogP contribution in [0.5, 0.6) is 0 Å². The molecule has 0 saturated heterocycles. The van der Waals surface area contributed by atoms with Gasteiger partial charge in [-0.05, 0) is 25.7 Å². The van der Waals surface area contributed by atoms with Crippen LogP contribution in [0.4, 0.5) is 0 Å². The van der Waals surface area contributed by atoms with Crippen LogP contribution in [0.3, 0.4) is 0 Å². The Bertz CT molecular complexity index is 630. The minimum Gasteiger partial charge on any atom is -0.356 e. The predicted octanol–water partition coefficient (Wildman–Crippen LogP) is 16.3. The molecule has 0 aromatic rings. The molecule has 2 nitrogen and oxygen atoms in total. The van der Waals surface area contributed by atoms with Gasteiger partial charge in [0.2, 0.25) is 0 Å². The van der Waals surface area contributed by atoms with Gasteiger partial charge in [-0.25, -0.2) is 0 Å². The molecule has 1 aliphatic heterocycles. The number of rotatable bonds is 40. The molecule has 1 aliphatic rings. The van der Waals surface area contributed by atoms with Crippen LogP contribution in [0, 0.1) is 0 Å². The smallest absolute Gasteiger partial charge is 0.101 e. The Morgan fingerprint density at radius 2 is 0.479 bits per heavy atom. The largest absolute Gasteiger partial charge is 0.356 e. The van der Waals surface area contributed by atoms with Crippen molar-refractivity contribution in [2.24, 2.45) is 0 Å². The maximum atomic E-state index is 2.73. The van der Waals surface area contributed by atoms with E-state index in [1.54, 1.807) is 0 Å². The Hall–Kier alpha value is -0.660. The first-order valence-corrected chi connectivity index (χ1v) is 23.0. The number of unbranched alkanes of at least 4 members (excludes halogenated alkanes) is 34. The normalized spacial score (nSPS) is 14.6. The third kappa shape index (κ3) is 29.1. The van der Waals surface area contributed by atoms with Crippen molar-refractivity contribution in [2.45, 2.75) is 271 Å². The van der Waals surface area contributed by atoms with E-state index < -0.39 is 0 Å². The molecule has 1 atom stereocenters. The van der Waals surface area contributed by atoms with Crippen LogP contribution in [0.1, 0.15) is 265 Å². The highest BCUT2D eigenvalue weighted by Crippen LogP contribution is 2.24. The van der Waals surface area contributed by atoms with Crippen molar-refractivity contribution in [3.05, 3.63) is 12.4 Å². The summed E-state index contributed by atoms with van der Waals surface area (Å²) in [5.41, 5.74) is 0.